The van der Waals surface area contributed by atoms with Gasteiger partial charge in [0, 0.05) is 6.04 Å². The van der Waals surface area contributed by atoms with Gasteiger partial charge in [0.25, 0.3) is 0 Å². The summed E-state index contributed by atoms with van der Waals surface area (Å²) in [5.74, 6) is 0.634. The molecule has 0 saturated heterocycles. The van der Waals surface area contributed by atoms with Gasteiger partial charge in [-0.1, -0.05) is 132 Å². The van der Waals surface area contributed by atoms with Crippen LogP contribution in [0.1, 0.15) is 130 Å². The topological polar surface area (TPSA) is 86.6 Å². The Morgan fingerprint density at radius 2 is 1.00 bits per heavy atom. The summed E-state index contributed by atoms with van der Waals surface area (Å²) < 4.78 is 30.4. The maximum atomic E-state index is 13.7. The molecule has 0 spiro atoms. The van der Waals surface area contributed by atoms with Crippen molar-refractivity contribution in [3.05, 3.63) is 88.0 Å². The van der Waals surface area contributed by atoms with Gasteiger partial charge in [-0.25, -0.2) is 13.1 Å². The molecule has 0 aliphatic rings. The average Bonchev–Trinajstić information content (AvgIpc) is 2.90. The van der Waals surface area contributed by atoms with E-state index in [1.165, 1.54) is 0 Å². The summed E-state index contributed by atoms with van der Waals surface area (Å²) in [6, 6.07) is 16.5. The van der Waals surface area contributed by atoms with Gasteiger partial charge in [-0.05, 0) is 92.4 Å². The fraction of sp³-hybridized carbons (Fsp3) is 0.550. The first kappa shape index (κ1) is 37.6. The van der Waals surface area contributed by atoms with Gasteiger partial charge >= 0.3 is 0 Å². The molecule has 3 rings (SSSR count). The standard InChI is InChI=1S/C40H59NO4S/c1-26(21-28-24-32(39(8,9)10)36(43)33(25-28)40(11,12)13)34(41-46(44,45)29-17-15-14-16-18-29)20-19-27-22-30(37(2,3)4)35(42)31(23-27)38(5,6)7/h14-18,22-26,34,41-43H,19-21H2,1-13H3. The molecule has 0 heterocycles. The second-order valence-corrected chi connectivity index (χ2v) is 19.1. The lowest BCUT2D eigenvalue weighted by molar-refractivity contribution is 0.392. The Kier molecular flexibility index (Phi) is 10.9. The van der Waals surface area contributed by atoms with Crippen LogP contribution in [0.25, 0.3) is 0 Å². The first-order valence-electron chi connectivity index (χ1n) is 16.6. The Hall–Kier alpha value is -2.83. The van der Waals surface area contributed by atoms with Gasteiger partial charge in [-0.2, -0.15) is 0 Å². The summed E-state index contributed by atoms with van der Waals surface area (Å²) >= 11 is 0. The highest BCUT2D eigenvalue weighted by atomic mass is 32.2. The lowest BCUT2D eigenvalue weighted by atomic mass is 9.77. The molecule has 0 aliphatic carbocycles. The minimum Gasteiger partial charge on any atom is -0.507 e. The van der Waals surface area contributed by atoms with Crippen molar-refractivity contribution in [3.63, 3.8) is 0 Å². The molecular formula is C40H59NO4S. The van der Waals surface area contributed by atoms with Crippen molar-refractivity contribution >= 4 is 10.0 Å². The molecule has 2 unspecified atom stereocenters. The quantitative estimate of drug-likeness (QED) is 0.216. The van der Waals surface area contributed by atoms with Crippen molar-refractivity contribution in [1.82, 2.24) is 4.72 Å². The van der Waals surface area contributed by atoms with Gasteiger partial charge in [0.05, 0.1) is 4.90 Å². The third-order valence-corrected chi connectivity index (χ3v) is 10.4. The van der Waals surface area contributed by atoms with Gasteiger partial charge in [0.2, 0.25) is 10.0 Å². The molecule has 2 atom stereocenters. The first-order valence-corrected chi connectivity index (χ1v) is 18.1. The average molecular weight is 650 g/mol. The monoisotopic (exact) mass is 649 g/mol. The van der Waals surface area contributed by atoms with E-state index < -0.39 is 10.0 Å². The fourth-order valence-electron chi connectivity index (χ4n) is 6.10. The number of aromatic hydroxyl groups is 2. The molecule has 0 fully saturated rings. The van der Waals surface area contributed by atoms with Gasteiger partial charge in [-0.15, -0.1) is 0 Å². The molecule has 46 heavy (non-hydrogen) atoms. The predicted octanol–water partition coefficient (Wildman–Crippen LogP) is 9.45. The number of benzene rings is 3. The van der Waals surface area contributed by atoms with Crippen molar-refractivity contribution in [1.29, 1.82) is 0 Å². The molecule has 0 radical (unpaired) electrons. The molecule has 0 bridgehead atoms. The molecule has 0 amide bonds. The second-order valence-electron chi connectivity index (χ2n) is 17.3. The largest absolute Gasteiger partial charge is 0.507 e. The molecule has 3 N–H and O–H groups in total. The third kappa shape index (κ3) is 9.16. The van der Waals surface area contributed by atoms with E-state index in [4.69, 9.17) is 0 Å². The molecule has 0 aromatic heterocycles. The number of hydrogen-bond donors (Lipinski definition) is 3. The third-order valence-electron chi connectivity index (χ3n) is 8.92. The van der Waals surface area contributed by atoms with E-state index in [0.717, 1.165) is 33.4 Å². The maximum Gasteiger partial charge on any atom is 0.240 e. The van der Waals surface area contributed by atoms with Crippen LogP contribution in [0.2, 0.25) is 0 Å². The Morgan fingerprint density at radius 1 is 0.630 bits per heavy atom. The van der Waals surface area contributed by atoms with E-state index >= 15 is 0 Å². The summed E-state index contributed by atoms with van der Waals surface area (Å²) in [7, 11) is -3.77. The van der Waals surface area contributed by atoms with Crippen molar-refractivity contribution in [3.8, 4) is 11.5 Å². The van der Waals surface area contributed by atoms with Crippen LogP contribution in [0.4, 0.5) is 0 Å². The number of phenolic OH excluding ortho intramolecular Hbond substituents is 2. The summed E-state index contributed by atoms with van der Waals surface area (Å²) in [6.07, 6.45) is 1.88. The van der Waals surface area contributed by atoms with E-state index in [1.54, 1.807) is 24.3 Å². The number of phenols is 2. The highest BCUT2D eigenvalue weighted by molar-refractivity contribution is 7.89. The van der Waals surface area contributed by atoms with Crippen LogP contribution in [0.3, 0.4) is 0 Å². The summed E-state index contributed by atoms with van der Waals surface area (Å²) in [6.45, 7) is 27.4. The number of sulfonamides is 1. The predicted molar refractivity (Wildman–Crippen MR) is 193 cm³/mol. The van der Waals surface area contributed by atoms with Crippen LogP contribution in [0.5, 0.6) is 11.5 Å². The Balaban J connectivity index is 2.07. The Labute approximate surface area is 279 Å². The van der Waals surface area contributed by atoms with Crippen molar-refractivity contribution in [2.75, 3.05) is 0 Å². The van der Waals surface area contributed by atoms with Crippen molar-refractivity contribution in [2.45, 2.75) is 142 Å². The summed E-state index contributed by atoms with van der Waals surface area (Å²) in [4.78, 5) is 0.247. The van der Waals surface area contributed by atoms with E-state index in [-0.39, 0.29) is 38.5 Å². The van der Waals surface area contributed by atoms with Crippen LogP contribution in [0, 0.1) is 5.92 Å². The molecule has 5 nitrogen and oxygen atoms in total. The number of rotatable bonds is 9. The van der Waals surface area contributed by atoms with Crippen molar-refractivity contribution in [2.24, 2.45) is 5.92 Å². The van der Waals surface area contributed by atoms with Gasteiger partial charge in [0.1, 0.15) is 11.5 Å². The van der Waals surface area contributed by atoms with E-state index in [1.807, 2.05) is 6.07 Å². The number of nitrogens with one attached hydrogen (secondary N) is 1. The van der Waals surface area contributed by atoms with Gasteiger partial charge < -0.3 is 10.2 Å². The van der Waals surface area contributed by atoms with E-state index in [9.17, 15) is 18.6 Å². The van der Waals surface area contributed by atoms with Crippen LogP contribution in [-0.2, 0) is 44.5 Å². The highest BCUT2D eigenvalue weighted by Crippen LogP contribution is 2.42. The van der Waals surface area contributed by atoms with Gasteiger partial charge in [0.15, 0.2) is 0 Å². The summed E-state index contributed by atoms with van der Waals surface area (Å²) in [5, 5.41) is 22.5. The lowest BCUT2D eigenvalue weighted by Crippen LogP contribution is -2.40. The van der Waals surface area contributed by atoms with Crippen molar-refractivity contribution < 1.29 is 18.6 Å². The second kappa shape index (κ2) is 13.4. The SMILES string of the molecule is CC(Cc1cc(C(C)(C)C)c(O)c(C(C)(C)C)c1)C(CCc1cc(C(C)(C)C)c(O)c(C(C)(C)C)c1)NS(=O)(=O)c1ccccc1. The van der Waals surface area contributed by atoms with Crippen LogP contribution < -0.4 is 4.72 Å². The minimum absolute atomic E-state index is 0.0510. The highest BCUT2D eigenvalue weighted by Gasteiger charge is 2.30. The normalized spacial score (nSPS) is 14.7. The number of hydrogen-bond acceptors (Lipinski definition) is 4. The molecule has 254 valence electrons. The van der Waals surface area contributed by atoms with Crippen LogP contribution >= 0.6 is 0 Å². The van der Waals surface area contributed by atoms with E-state index in [0.29, 0.717) is 30.8 Å². The van der Waals surface area contributed by atoms with E-state index in [2.05, 4.69) is 119 Å². The molecule has 3 aromatic carbocycles. The smallest absolute Gasteiger partial charge is 0.240 e. The molecule has 6 heteroatoms. The summed E-state index contributed by atoms with van der Waals surface area (Å²) in [5.41, 5.74) is 4.74. The molecular weight excluding hydrogens is 591 g/mol. The minimum atomic E-state index is -3.77. The Bertz CT molecular complexity index is 1540. The zero-order valence-electron chi connectivity index (χ0n) is 30.6. The lowest BCUT2D eigenvalue weighted by Gasteiger charge is -2.30. The molecule has 0 aliphatic heterocycles. The zero-order chi connectivity index (χ0) is 35.0. The molecule has 0 saturated carbocycles. The van der Waals surface area contributed by atoms with Crippen LogP contribution in [0.15, 0.2) is 59.5 Å². The first-order chi connectivity index (χ1) is 20.8. The Morgan fingerprint density at radius 3 is 1.37 bits per heavy atom. The number of aryl methyl sites for hydroxylation is 1. The van der Waals surface area contributed by atoms with Gasteiger partial charge in [-0.3, -0.25) is 0 Å². The fourth-order valence-corrected chi connectivity index (χ4v) is 7.50. The zero-order valence-corrected chi connectivity index (χ0v) is 31.4. The van der Waals surface area contributed by atoms with Crippen LogP contribution in [-0.4, -0.2) is 24.7 Å². The molecule has 3 aromatic rings. The maximum absolute atomic E-state index is 13.7.